The average Bonchev–Trinajstić information content (AvgIpc) is 3.09. The molecule has 0 unspecified atom stereocenters. The number of nitrogens with one attached hydrogen (secondary N) is 1. The first-order valence-electron chi connectivity index (χ1n) is 7.74. The Bertz CT molecular complexity index is 667. The highest BCUT2D eigenvalue weighted by Crippen LogP contribution is 2.40. The Labute approximate surface area is 143 Å². The zero-order chi connectivity index (χ0) is 17.2. The van der Waals surface area contributed by atoms with Crippen molar-refractivity contribution in [2.45, 2.75) is 12.2 Å². The van der Waals surface area contributed by atoms with Crippen LogP contribution in [0.1, 0.15) is 22.0 Å². The van der Waals surface area contributed by atoms with E-state index in [4.69, 9.17) is 4.74 Å². The van der Waals surface area contributed by atoms with Crippen molar-refractivity contribution >= 4 is 11.3 Å². The monoisotopic (exact) mass is 356 g/mol. The van der Waals surface area contributed by atoms with Crippen LogP contribution in [0.15, 0.2) is 35.7 Å². The summed E-state index contributed by atoms with van der Waals surface area (Å²) in [6.45, 7) is 3.41. The summed E-state index contributed by atoms with van der Waals surface area (Å²) in [5, 5.41) is 5.29. The van der Waals surface area contributed by atoms with E-state index in [-0.39, 0.29) is 11.8 Å². The van der Waals surface area contributed by atoms with Crippen molar-refractivity contribution in [3.8, 4) is 5.75 Å². The maximum absolute atomic E-state index is 13.0. The van der Waals surface area contributed by atoms with E-state index in [9.17, 15) is 13.2 Å². The normalized spacial score (nSPS) is 17.7. The number of ether oxygens (including phenoxy) is 1. The smallest absolute Gasteiger partial charge is 0.416 e. The maximum Gasteiger partial charge on any atom is 0.416 e. The molecular formula is C17H19F3N2OS. The van der Waals surface area contributed by atoms with Gasteiger partial charge in [-0.15, -0.1) is 11.3 Å². The third-order valence-corrected chi connectivity index (χ3v) is 5.11. The lowest BCUT2D eigenvalue weighted by Crippen LogP contribution is -2.45. The van der Waals surface area contributed by atoms with Gasteiger partial charge in [0.1, 0.15) is 5.75 Å². The molecule has 0 saturated carbocycles. The van der Waals surface area contributed by atoms with E-state index in [0.717, 1.165) is 48.8 Å². The average molecular weight is 356 g/mol. The summed E-state index contributed by atoms with van der Waals surface area (Å²) in [5.74, 6) is 0.279. The first kappa shape index (κ1) is 17.3. The van der Waals surface area contributed by atoms with Crippen LogP contribution in [0, 0.1) is 0 Å². The molecule has 1 aliphatic rings. The number of halogens is 3. The molecule has 3 nitrogen and oxygen atoms in total. The molecule has 7 heteroatoms. The van der Waals surface area contributed by atoms with Crippen LogP contribution in [0.3, 0.4) is 0 Å². The summed E-state index contributed by atoms with van der Waals surface area (Å²) in [6, 6.07) is 7.68. The molecule has 1 N–H and O–H groups in total. The molecule has 3 rings (SSSR count). The number of benzene rings is 1. The maximum atomic E-state index is 13.0. The van der Waals surface area contributed by atoms with Crippen molar-refractivity contribution in [3.05, 3.63) is 51.7 Å². The van der Waals surface area contributed by atoms with Crippen LogP contribution in [0.5, 0.6) is 5.75 Å². The fourth-order valence-corrected chi connectivity index (χ4v) is 3.91. The van der Waals surface area contributed by atoms with Gasteiger partial charge in [0, 0.05) is 36.6 Å². The Kier molecular flexibility index (Phi) is 5.12. The van der Waals surface area contributed by atoms with Crippen LogP contribution in [0.25, 0.3) is 0 Å². The third-order valence-electron chi connectivity index (χ3n) is 4.18. The van der Waals surface area contributed by atoms with E-state index >= 15 is 0 Å². The number of rotatable bonds is 4. The minimum atomic E-state index is -4.38. The van der Waals surface area contributed by atoms with Crippen LogP contribution in [-0.4, -0.2) is 38.2 Å². The molecule has 1 saturated heterocycles. The molecule has 1 atom stereocenters. The van der Waals surface area contributed by atoms with Gasteiger partial charge in [0.05, 0.1) is 18.7 Å². The van der Waals surface area contributed by atoms with Gasteiger partial charge in [-0.2, -0.15) is 13.2 Å². The summed E-state index contributed by atoms with van der Waals surface area (Å²) in [6.07, 6.45) is -4.38. The van der Waals surface area contributed by atoms with Crippen molar-refractivity contribution in [3.63, 3.8) is 0 Å². The van der Waals surface area contributed by atoms with Gasteiger partial charge >= 0.3 is 6.18 Å². The van der Waals surface area contributed by atoms with Gasteiger partial charge in [0.25, 0.3) is 0 Å². The lowest BCUT2D eigenvalue weighted by molar-refractivity contribution is -0.137. The largest absolute Gasteiger partial charge is 0.496 e. The molecule has 0 aliphatic carbocycles. The second-order valence-electron chi connectivity index (χ2n) is 5.66. The fourth-order valence-electron chi connectivity index (χ4n) is 3.03. The number of nitrogens with zero attached hydrogens (tertiary/aromatic N) is 1. The number of piperazine rings is 1. The number of hydrogen-bond donors (Lipinski definition) is 1. The van der Waals surface area contributed by atoms with Crippen LogP contribution in [0.4, 0.5) is 13.2 Å². The van der Waals surface area contributed by atoms with Crippen molar-refractivity contribution in [2.24, 2.45) is 0 Å². The molecule has 1 aliphatic heterocycles. The molecule has 24 heavy (non-hydrogen) atoms. The van der Waals surface area contributed by atoms with Crippen molar-refractivity contribution < 1.29 is 17.9 Å². The highest BCUT2D eigenvalue weighted by Gasteiger charge is 2.33. The minimum absolute atomic E-state index is 0.0932. The zero-order valence-corrected chi connectivity index (χ0v) is 14.1. The van der Waals surface area contributed by atoms with Crippen LogP contribution in [0.2, 0.25) is 0 Å². The second-order valence-corrected chi connectivity index (χ2v) is 6.64. The standard InChI is InChI=1S/C17H19F3N2OS/c1-23-14-11-12(17(18,19)20)4-5-13(14)16(15-3-2-10-24-15)22-8-6-21-7-9-22/h2-5,10-11,16,21H,6-9H2,1H3/t16-/m0/s1. The molecule has 0 amide bonds. The SMILES string of the molecule is COc1cc(C(F)(F)F)ccc1[C@@H](c1cccs1)N1CCNCC1. The number of thiophene rings is 1. The molecule has 1 fully saturated rings. The molecule has 2 heterocycles. The summed E-state index contributed by atoms with van der Waals surface area (Å²) >= 11 is 1.61. The van der Waals surface area contributed by atoms with Gasteiger partial charge in [-0.25, -0.2) is 0 Å². The highest BCUT2D eigenvalue weighted by atomic mass is 32.1. The Hall–Kier alpha value is -1.57. The molecular weight excluding hydrogens is 337 g/mol. The first-order chi connectivity index (χ1) is 11.5. The molecule has 1 aromatic heterocycles. The highest BCUT2D eigenvalue weighted by molar-refractivity contribution is 7.10. The van der Waals surface area contributed by atoms with E-state index in [1.165, 1.54) is 7.11 Å². The van der Waals surface area contributed by atoms with Crippen LogP contribution in [-0.2, 0) is 6.18 Å². The van der Waals surface area contributed by atoms with E-state index in [1.807, 2.05) is 17.5 Å². The van der Waals surface area contributed by atoms with Gasteiger partial charge in [-0.3, -0.25) is 4.90 Å². The molecule has 0 radical (unpaired) electrons. The summed E-state index contributed by atoms with van der Waals surface area (Å²) in [5.41, 5.74) is 0.0863. The van der Waals surface area contributed by atoms with E-state index in [0.29, 0.717) is 0 Å². The Morgan fingerprint density at radius 1 is 1.21 bits per heavy atom. The summed E-state index contributed by atoms with van der Waals surface area (Å²) < 4.78 is 44.3. The topological polar surface area (TPSA) is 24.5 Å². The Morgan fingerprint density at radius 3 is 2.54 bits per heavy atom. The summed E-state index contributed by atoms with van der Waals surface area (Å²) in [7, 11) is 1.42. The van der Waals surface area contributed by atoms with Crippen LogP contribution < -0.4 is 10.1 Å². The molecule has 1 aromatic carbocycles. The van der Waals surface area contributed by atoms with Gasteiger partial charge in [-0.05, 0) is 23.6 Å². The third kappa shape index (κ3) is 3.58. The second kappa shape index (κ2) is 7.13. The summed E-state index contributed by atoms with van der Waals surface area (Å²) in [4.78, 5) is 3.39. The van der Waals surface area contributed by atoms with Gasteiger partial charge in [-0.1, -0.05) is 12.1 Å². The number of hydrogen-bond acceptors (Lipinski definition) is 4. The Balaban J connectivity index is 2.04. The predicted octanol–water partition coefficient (Wildman–Crippen LogP) is 3.77. The fraction of sp³-hybridized carbons (Fsp3) is 0.412. The lowest BCUT2D eigenvalue weighted by atomic mass is 9.99. The van der Waals surface area contributed by atoms with Crippen molar-refractivity contribution in [1.29, 1.82) is 0 Å². The predicted molar refractivity (Wildman–Crippen MR) is 88.6 cm³/mol. The van der Waals surface area contributed by atoms with E-state index in [2.05, 4.69) is 10.2 Å². The quantitative estimate of drug-likeness (QED) is 0.903. The molecule has 2 aromatic rings. The molecule has 0 spiro atoms. The zero-order valence-electron chi connectivity index (χ0n) is 13.3. The van der Waals surface area contributed by atoms with Crippen molar-refractivity contribution in [1.82, 2.24) is 10.2 Å². The van der Waals surface area contributed by atoms with Crippen molar-refractivity contribution in [2.75, 3.05) is 33.3 Å². The number of methoxy groups -OCH3 is 1. The van der Waals surface area contributed by atoms with E-state index in [1.54, 1.807) is 17.4 Å². The van der Waals surface area contributed by atoms with Gasteiger partial charge in [0.15, 0.2) is 0 Å². The van der Waals surface area contributed by atoms with Crippen LogP contribution >= 0.6 is 11.3 Å². The van der Waals surface area contributed by atoms with Gasteiger partial charge in [0.2, 0.25) is 0 Å². The lowest BCUT2D eigenvalue weighted by Gasteiger charge is -2.35. The minimum Gasteiger partial charge on any atom is -0.496 e. The molecule has 0 bridgehead atoms. The van der Waals surface area contributed by atoms with E-state index < -0.39 is 11.7 Å². The Morgan fingerprint density at radius 2 is 1.96 bits per heavy atom. The van der Waals surface area contributed by atoms with Gasteiger partial charge < -0.3 is 10.1 Å². The first-order valence-corrected chi connectivity index (χ1v) is 8.62. The number of alkyl halides is 3. The molecule has 130 valence electrons.